The van der Waals surface area contributed by atoms with Gasteiger partial charge in [-0.15, -0.1) is 0 Å². The predicted octanol–water partition coefficient (Wildman–Crippen LogP) is 1.95. The topological polar surface area (TPSA) is 45.8 Å². The van der Waals surface area contributed by atoms with Gasteiger partial charge in [-0.25, -0.2) is 0 Å². The van der Waals surface area contributed by atoms with Crippen LogP contribution in [-0.4, -0.2) is 20.7 Å². The first kappa shape index (κ1) is 8.72. The number of nitrogens with zero attached hydrogens (tertiary/aromatic N) is 1. The van der Waals surface area contributed by atoms with Gasteiger partial charge in [0.2, 0.25) is 0 Å². The van der Waals surface area contributed by atoms with Gasteiger partial charge in [-0.3, -0.25) is 9.31 Å². The molecule has 2 aromatic rings. The molecule has 1 atom stereocenters. The Balaban J connectivity index is 2.79. The largest absolute Gasteiger partial charge is 0.268 e. The van der Waals surface area contributed by atoms with Gasteiger partial charge in [0.1, 0.15) is 5.03 Å². The summed E-state index contributed by atoms with van der Waals surface area (Å²) >= 11 is 5.81. The smallest absolute Gasteiger partial charge is 0.129 e. The highest BCUT2D eigenvalue weighted by atomic mass is 35.5. The Kier molecular flexibility index (Phi) is 2.09. The van der Waals surface area contributed by atoms with Crippen LogP contribution in [0.4, 0.5) is 0 Å². The summed E-state index contributed by atoms with van der Waals surface area (Å²) in [5, 5.41) is 8.81. The molecule has 0 amide bonds. The fourth-order valence-electron chi connectivity index (χ4n) is 1.18. The first-order chi connectivity index (χ1) is 6.18. The minimum Gasteiger partial charge on any atom is -0.268 e. The molecule has 0 fully saturated rings. The van der Waals surface area contributed by atoms with E-state index < -0.39 is 10.8 Å². The van der Waals surface area contributed by atoms with Crippen LogP contribution in [-0.2, 0) is 10.8 Å². The second kappa shape index (κ2) is 3.12. The van der Waals surface area contributed by atoms with E-state index in [0.717, 1.165) is 10.9 Å². The van der Waals surface area contributed by atoms with E-state index in [9.17, 15) is 4.21 Å². The number of aromatic amines is 1. The molecule has 1 aromatic carbocycles. The zero-order chi connectivity index (χ0) is 9.42. The number of H-pyrrole nitrogens is 1. The summed E-state index contributed by atoms with van der Waals surface area (Å²) in [7, 11) is -1.06. The number of nitrogens with one attached hydrogen (secondary N) is 1. The summed E-state index contributed by atoms with van der Waals surface area (Å²) in [6.45, 7) is 0. The molecular formula is C8H7ClN2OS. The van der Waals surface area contributed by atoms with Crippen LogP contribution >= 0.6 is 11.6 Å². The summed E-state index contributed by atoms with van der Waals surface area (Å²) in [5.74, 6) is 0. The van der Waals surface area contributed by atoms with Crippen molar-refractivity contribution in [3.63, 3.8) is 0 Å². The van der Waals surface area contributed by atoms with Crippen molar-refractivity contribution in [2.45, 2.75) is 5.03 Å². The normalized spacial score (nSPS) is 13.4. The average Bonchev–Trinajstić information content (AvgIpc) is 2.46. The van der Waals surface area contributed by atoms with Gasteiger partial charge in [0.15, 0.2) is 0 Å². The molecule has 0 radical (unpaired) electrons. The van der Waals surface area contributed by atoms with Crippen molar-refractivity contribution < 1.29 is 4.21 Å². The quantitative estimate of drug-likeness (QED) is 0.789. The lowest BCUT2D eigenvalue weighted by molar-refractivity contribution is 0.684. The Hall–Kier alpha value is -0.870. The van der Waals surface area contributed by atoms with Gasteiger partial charge in [-0.1, -0.05) is 11.6 Å². The lowest BCUT2D eigenvalue weighted by atomic mass is 10.3. The van der Waals surface area contributed by atoms with Gasteiger partial charge in [0, 0.05) is 16.7 Å². The van der Waals surface area contributed by atoms with Gasteiger partial charge in [0.25, 0.3) is 0 Å². The molecule has 0 aliphatic carbocycles. The highest BCUT2D eigenvalue weighted by Gasteiger charge is 2.07. The molecule has 1 aromatic heterocycles. The number of hydrogen-bond donors (Lipinski definition) is 1. The molecule has 0 saturated carbocycles. The van der Waals surface area contributed by atoms with Crippen LogP contribution in [0, 0.1) is 0 Å². The predicted molar refractivity (Wildman–Crippen MR) is 53.4 cm³/mol. The average molecular weight is 215 g/mol. The second-order valence-electron chi connectivity index (χ2n) is 2.67. The zero-order valence-electron chi connectivity index (χ0n) is 6.87. The van der Waals surface area contributed by atoms with Crippen molar-refractivity contribution in [2.75, 3.05) is 6.26 Å². The van der Waals surface area contributed by atoms with Crippen LogP contribution in [0.25, 0.3) is 10.9 Å². The van der Waals surface area contributed by atoms with Gasteiger partial charge in [-0.05, 0) is 18.2 Å². The van der Waals surface area contributed by atoms with Crippen molar-refractivity contribution in [2.24, 2.45) is 0 Å². The van der Waals surface area contributed by atoms with Crippen LogP contribution in [0.15, 0.2) is 23.2 Å². The van der Waals surface area contributed by atoms with Crippen LogP contribution in [0.3, 0.4) is 0 Å². The van der Waals surface area contributed by atoms with Crippen LogP contribution in [0.1, 0.15) is 0 Å². The SMILES string of the molecule is CS(=O)c1[nH]nc2ccc(Cl)cc12. The maximum Gasteiger partial charge on any atom is 0.129 e. The molecule has 5 heteroatoms. The molecule has 2 rings (SSSR count). The summed E-state index contributed by atoms with van der Waals surface area (Å²) in [6.07, 6.45) is 1.61. The lowest BCUT2D eigenvalue weighted by Gasteiger charge is -1.92. The number of aromatic nitrogens is 2. The minimum absolute atomic E-state index is 0.623. The van der Waals surface area contributed by atoms with Gasteiger partial charge in [0.05, 0.1) is 16.3 Å². The minimum atomic E-state index is -1.06. The third-order valence-electron chi connectivity index (χ3n) is 1.77. The second-order valence-corrected chi connectivity index (χ2v) is 4.42. The van der Waals surface area contributed by atoms with E-state index in [-0.39, 0.29) is 0 Å². The molecule has 0 bridgehead atoms. The van der Waals surface area contributed by atoms with Crippen LogP contribution in [0.5, 0.6) is 0 Å². The Morgan fingerprint density at radius 3 is 3.00 bits per heavy atom. The number of rotatable bonds is 1. The molecule has 1 unspecified atom stereocenters. The fraction of sp³-hybridized carbons (Fsp3) is 0.125. The van der Waals surface area contributed by atoms with Crippen molar-refractivity contribution >= 4 is 33.3 Å². The van der Waals surface area contributed by atoms with Gasteiger partial charge < -0.3 is 0 Å². The molecular weight excluding hydrogens is 208 g/mol. The van der Waals surface area contributed by atoms with E-state index in [4.69, 9.17) is 11.6 Å². The third-order valence-corrected chi connectivity index (χ3v) is 2.89. The van der Waals surface area contributed by atoms with Crippen molar-refractivity contribution in [1.29, 1.82) is 0 Å². The van der Waals surface area contributed by atoms with E-state index in [1.807, 2.05) is 0 Å². The van der Waals surface area contributed by atoms with Crippen LogP contribution < -0.4 is 0 Å². The lowest BCUT2D eigenvalue weighted by Crippen LogP contribution is -1.87. The molecule has 0 spiro atoms. The molecule has 0 aliphatic rings. The Morgan fingerprint density at radius 2 is 2.31 bits per heavy atom. The maximum atomic E-state index is 11.2. The van der Waals surface area contributed by atoms with Crippen molar-refractivity contribution in [1.82, 2.24) is 10.2 Å². The van der Waals surface area contributed by atoms with E-state index in [1.54, 1.807) is 24.5 Å². The van der Waals surface area contributed by atoms with E-state index in [2.05, 4.69) is 10.2 Å². The molecule has 13 heavy (non-hydrogen) atoms. The van der Waals surface area contributed by atoms with Gasteiger partial charge in [-0.2, -0.15) is 5.10 Å². The molecule has 1 N–H and O–H groups in total. The number of hydrogen-bond acceptors (Lipinski definition) is 2. The Bertz CT molecular complexity index is 480. The molecule has 0 aliphatic heterocycles. The standard InChI is InChI=1S/C8H7ClN2OS/c1-13(12)8-6-4-5(9)2-3-7(6)10-11-8/h2-4H,1H3,(H,10,11). The number of fused-ring (bicyclic) bond motifs is 1. The zero-order valence-corrected chi connectivity index (χ0v) is 8.45. The summed E-state index contributed by atoms with van der Waals surface area (Å²) in [5.41, 5.74) is 0.787. The van der Waals surface area contributed by atoms with Gasteiger partial charge >= 0.3 is 0 Å². The van der Waals surface area contributed by atoms with E-state index in [0.29, 0.717) is 10.0 Å². The first-order valence-corrected chi connectivity index (χ1v) is 5.59. The highest BCUT2D eigenvalue weighted by molar-refractivity contribution is 7.84. The number of halogens is 1. The molecule has 3 nitrogen and oxygen atoms in total. The Morgan fingerprint density at radius 1 is 1.54 bits per heavy atom. The highest BCUT2D eigenvalue weighted by Crippen LogP contribution is 2.21. The summed E-state index contributed by atoms with van der Waals surface area (Å²) in [4.78, 5) is 0. The molecule has 1 heterocycles. The Labute approximate surface area is 82.6 Å². The molecule has 0 saturated heterocycles. The first-order valence-electron chi connectivity index (χ1n) is 3.65. The summed E-state index contributed by atoms with van der Waals surface area (Å²) < 4.78 is 11.2. The third kappa shape index (κ3) is 1.47. The maximum absolute atomic E-state index is 11.2. The van der Waals surface area contributed by atoms with Crippen LogP contribution in [0.2, 0.25) is 5.02 Å². The van der Waals surface area contributed by atoms with E-state index >= 15 is 0 Å². The summed E-state index contributed by atoms with van der Waals surface area (Å²) in [6, 6.07) is 5.31. The van der Waals surface area contributed by atoms with E-state index in [1.165, 1.54) is 0 Å². The van der Waals surface area contributed by atoms with Crippen molar-refractivity contribution in [3.8, 4) is 0 Å². The van der Waals surface area contributed by atoms with Crippen molar-refractivity contribution in [3.05, 3.63) is 23.2 Å². The fourth-order valence-corrected chi connectivity index (χ4v) is 2.00. The monoisotopic (exact) mass is 214 g/mol. The molecule has 68 valence electrons. The number of benzene rings is 1.